The van der Waals surface area contributed by atoms with Crippen molar-refractivity contribution in [3.8, 4) is 56.2 Å². The standard InChI is InChI=1S/C66H45N3/c1-41-15-13-19-46(37-41)64-67-63(68-65(69-64)47-33-35-51-49(39-47)40-48(38-42-16-3-2-4-17-42)50-20-7-8-22-54(50)51)45-31-29-44(30-32-45)53-25-14-28-59-61(53)55-23-9-11-26-57(55)66(59)58-27-12-10-24-56(58)62-52-21-6-5-18-43(52)34-36-60(62)66/h2-36,39-41H,37-38H2,1H3. The van der Waals surface area contributed by atoms with Crippen LogP contribution in [0.3, 0.4) is 0 Å². The van der Waals surface area contributed by atoms with Gasteiger partial charge in [0.25, 0.3) is 0 Å². The zero-order valence-corrected chi connectivity index (χ0v) is 38.2. The number of nitrogens with zero attached hydrogens (tertiary/aromatic N) is 3. The highest BCUT2D eigenvalue weighted by atomic mass is 15.0. The molecule has 0 amide bonds. The minimum Gasteiger partial charge on any atom is -0.209 e. The number of hydrogen-bond donors (Lipinski definition) is 0. The summed E-state index contributed by atoms with van der Waals surface area (Å²) in [6.07, 6.45) is 8.29. The van der Waals surface area contributed by atoms with E-state index >= 15 is 0 Å². The lowest BCUT2D eigenvalue weighted by Crippen LogP contribution is -2.25. The Bertz CT molecular complexity index is 3970. The third kappa shape index (κ3) is 6.10. The molecule has 69 heavy (non-hydrogen) atoms. The zero-order chi connectivity index (χ0) is 45.6. The highest BCUT2D eigenvalue weighted by molar-refractivity contribution is 6.10. The van der Waals surface area contributed by atoms with Gasteiger partial charge in [-0.2, -0.15) is 0 Å². The van der Waals surface area contributed by atoms with Crippen molar-refractivity contribution in [1.82, 2.24) is 15.0 Å². The molecule has 0 saturated heterocycles. The van der Waals surface area contributed by atoms with Gasteiger partial charge in [-0.1, -0.05) is 225 Å². The Morgan fingerprint density at radius 2 is 1.04 bits per heavy atom. The molecule has 3 nitrogen and oxygen atoms in total. The lowest BCUT2D eigenvalue weighted by Gasteiger charge is -2.30. The Hall–Kier alpha value is -8.53. The van der Waals surface area contributed by atoms with Crippen LogP contribution < -0.4 is 0 Å². The van der Waals surface area contributed by atoms with E-state index in [0.717, 1.165) is 40.9 Å². The van der Waals surface area contributed by atoms with Crippen LogP contribution in [-0.4, -0.2) is 15.0 Å². The molecule has 2 unspecified atom stereocenters. The Balaban J connectivity index is 0.896. The summed E-state index contributed by atoms with van der Waals surface area (Å²) >= 11 is 0. The summed E-state index contributed by atoms with van der Waals surface area (Å²) in [4.78, 5) is 15.7. The van der Waals surface area contributed by atoms with Crippen molar-refractivity contribution in [1.29, 1.82) is 0 Å². The summed E-state index contributed by atoms with van der Waals surface area (Å²) in [7, 11) is 0. The van der Waals surface area contributed by atoms with Crippen molar-refractivity contribution in [2.45, 2.75) is 25.2 Å². The van der Waals surface area contributed by atoms with E-state index in [1.54, 1.807) is 0 Å². The van der Waals surface area contributed by atoms with Gasteiger partial charge in [-0.05, 0) is 129 Å². The van der Waals surface area contributed by atoms with E-state index < -0.39 is 5.41 Å². The minimum atomic E-state index is -0.435. The molecule has 11 aromatic rings. The molecule has 0 radical (unpaired) electrons. The fourth-order valence-electron chi connectivity index (χ4n) is 12.1. The number of benzene rings is 10. The van der Waals surface area contributed by atoms with Gasteiger partial charge in [0.05, 0.1) is 5.41 Å². The molecule has 0 saturated carbocycles. The van der Waals surface area contributed by atoms with E-state index in [1.165, 1.54) is 93.5 Å². The quantitative estimate of drug-likeness (QED) is 0.156. The van der Waals surface area contributed by atoms with Crippen LogP contribution in [0.1, 0.15) is 52.5 Å². The van der Waals surface area contributed by atoms with Crippen LogP contribution in [0.15, 0.2) is 224 Å². The van der Waals surface area contributed by atoms with Gasteiger partial charge in [0.2, 0.25) is 0 Å². The molecule has 0 bridgehead atoms. The van der Waals surface area contributed by atoms with Crippen LogP contribution >= 0.6 is 0 Å². The van der Waals surface area contributed by atoms with Crippen LogP contribution in [-0.2, 0) is 11.8 Å². The molecule has 14 rings (SSSR count). The van der Waals surface area contributed by atoms with Crippen molar-refractivity contribution in [3.63, 3.8) is 0 Å². The molecule has 3 aliphatic rings. The van der Waals surface area contributed by atoms with Crippen molar-refractivity contribution >= 4 is 37.9 Å². The summed E-state index contributed by atoms with van der Waals surface area (Å²) < 4.78 is 0. The average Bonchev–Trinajstić information content (AvgIpc) is 3.89. The molecule has 1 heterocycles. The summed E-state index contributed by atoms with van der Waals surface area (Å²) in [6.45, 7) is 2.25. The van der Waals surface area contributed by atoms with Crippen LogP contribution in [0.2, 0.25) is 0 Å². The van der Waals surface area contributed by atoms with Crippen molar-refractivity contribution in [3.05, 3.63) is 264 Å². The molecule has 324 valence electrons. The topological polar surface area (TPSA) is 38.7 Å². The van der Waals surface area contributed by atoms with Gasteiger partial charge in [0.1, 0.15) is 0 Å². The maximum absolute atomic E-state index is 5.28. The third-order valence-corrected chi connectivity index (χ3v) is 15.1. The highest BCUT2D eigenvalue weighted by Gasteiger charge is 2.52. The average molecular weight is 880 g/mol. The molecule has 10 aromatic carbocycles. The molecular weight excluding hydrogens is 835 g/mol. The molecular formula is C66H45N3. The summed E-state index contributed by atoms with van der Waals surface area (Å²) in [5.41, 5.74) is 18.2. The first-order chi connectivity index (χ1) is 34.1. The van der Waals surface area contributed by atoms with E-state index in [-0.39, 0.29) is 0 Å². The maximum Gasteiger partial charge on any atom is 0.164 e. The van der Waals surface area contributed by atoms with Crippen molar-refractivity contribution in [2.75, 3.05) is 0 Å². The van der Waals surface area contributed by atoms with Crippen LogP contribution in [0, 0.1) is 5.92 Å². The SMILES string of the molecule is CC1C=CC=C(c2nc(-c3ccc(-c4cccc5c4-c4ccccc4C54c5ccccc5-c5c4ccc4ccccc54)cc3)nc(-c3ccc4c(c3)cc(Cc3ccccc3)c3ccccc34)n2)C1. The highest BCUT2D eigenvalue weighted by Crippen LogP contribution is 2.64. The van der Waals surface area contributed by atoms with Gasteiger partial charge in [-0.15, -0.1) is 0 Å². The largest absolute Gasteiger partial charge is 0.209 e. The van der Waals surface area contributed by atoms with Crippen LogP contribution in [0.5, 0.6) is 0 Å². The van der Waals surface area contributed by atoms with Crippen LogP contribution in [0.4, 0.5) is 0 Å². The smallest absolute Gasteiger partial charge is 0.164 e. The molecule has 1 spiro atoms. The lowest BCUT2D eigenvalue weighted by molar-refractivity contribution is 0.742. The molecule has 0 fully saturated rings. The van der Waals surface area contributed by atoms with Crippen molar-refractivity contribution < 1.29 is 0 Å². The summed E-state index contributed by atoms with van der Waals surface area (Å²) in [5.74, 6) is 2.47. The first kappa shape index (κ1) is 39.6. The first-order valence-corrected chi connectivity index (χ1v) is 24.2. The zero-order valence-electron chi connectivity index (χ0n) is 38.2. The molecule has 0 aliphatic heterocycles. The Kier molecular flexibility index (Phi) is 8.91. The number of aromatic nitrogens is 3. The summed E-state index contributed by atoms with van der Waals surface area (Å²) in [6, 6.07) is 76.1. The third-order valence-electron chi connectivity index (χ3n) is 15.1. The predicted octanol–water partition coefficient (Wildman–Crippen LogP) is 16.2. The maximum atomic E-state index is 5.28. The normalized spacial score (nSPS) is 16.4. The van der Waals surface area contributed by atoms with Gasteiger partial charge in [-0.3, -0.25) is 0 Å². The first-order valence-electron chi connectivity index (χ1n) is 24.2. The number of fused-ring (bicyclic) bond motifs is 15. The van der Waals surface area contributed by atoms with E-state index in [2.05, 4.69) is 231 Å². The fourth-order valence-corrected chi connectivity index (χ4v) is 12.1. The molecule has 2 atom stereocenters. The molecule has 3 heteroatoms. The second kappa shape index (κ2) is 15.5. The molecule has 3 aliphatic carbocycles. The second-order valence-corrected chi connectivity index (χ2v) is 19.1. The number of allylic oxidation sites excluding steroid dienone is 4. The van der Waals surface area contributed by atoms with Gasteiger partial charge in [-0.25, -0.2) is 15.0 Å². The number of hydrogen-bond acceptors (Lipinski definition) is 3. The Morgan fingerprint density at radius 3 is 1.84 bits per heavy atom. The van der Waals surface area contributed by atoms with Gasteiger partial charge < -0.3 is 0 Å². The fraction of sp³-hybridized carbons (Fsp3) is 0.0758. The van der Waals surface area contributed by atoms with E-state index in [0.29, 0.717) is 17.6 Å². The van der Waals surface area contributed by atoms with Gasteiger partial charge in [0.15, 0.2) is 17.5 Å². The van der Waals surface area contributed by atoms with E-state index in [9.17, 15) is 0 Å². The number of rotatable bonds is 6. The predicted molar refractivity (Wildman–Crippen MR) is 285 cm³/mol. The second-order valence-electron chi connectivity index (χ2n) is 19.1. The van der Waals surface area contributed by atoms with Gasteiger partial charge >= 0.3 is 0 Å². The molecule has 1 aromatic heterocycles. The Morgan fingerprint density at radius 1 is 0.435 bits per heavy atom. The summed E-state index contributed by atoms with van der Waals surface area (Å²) in [5, 5.41) is 7.51. The monoisotopic (exact) mass is 879 g/mol. The molecule has 0 N–H and O–H groups in total. The Labute approximate surface area is 401 Å². The van der Waals surface area contributed by atoms with Gasteiger partial charge in [0, 0.05) is 11.1 Å². The van der Waals surface area contributed by atoms with E-state index in [4.69, 9.17) is 15.0 Å². The lowest BCUT2D eigenvalue weighted by atomic mass is 9.70. The van der Waals surface area contributed by atoms with E-state index in [1.807, 2.05) is 0 Å². The minimum absolute atomic E-state index is 0.396. The van der Waals surface area contributed by atoms with Crippen molar-refractivity contribution in [2.24, 2.45) is 5.92 Å². The van der Waals surface area contributed by atoms with Crippen LogP contribution in [0.25, 0.3) is 94.0 Å².